The van der Waals surface area contributed by atoms with Gasteiger partial charge in [-0.3, -0.25) is 4.79 Å². The lowest BCUT2D eigenvalue weighted by Gasteiger charge is -2.25. The second kappa shape index (κ2) is 4.89. The average molecular weight is 258 g/mol. The summed E-state index contributed by atoms with van der Waals surface area (Å²) in [5.41, 5.74) is 3.26. The minimum atomic E-state index is -1.09. The van der Waals surface area contributed by atoms with Crippen LogP contribution < -0.4 is 5.73 Å². The molecule has 1 aromatic carbocycles. The van der Waals surface area contributed by atoms with Gasteiger partial charge in [0.1, 0.15) is 17.3 Å². The fraction of sp³-hybridized carbons (Fsp3) is 0.417. The van der Waals surface area contributed by atoms with Gasteiger partial charge < -0.3 is 15.7 Å². The predicted molar refractivity (Wildman–Crippen MR) is 64.0 cm³/mol. The van der Waals surface area contributed by atoms with Crippen molar-refractivity contribution in [1.82, 2.24) is 4.90 Å². The number of halogens is 2. The van der Waals surface area contributed by atoms with Crippen LogP contribution in [0.15, 0.2) is 12.1 Å². The Kier molecular flexibility index (Phi) is 3.91. The molecule has 3 N–H and O–H groups in total. The lowest BCUT2D eigenvalue weighted by Crippen LogP contribution is -2.39. The number of nitrogen functional groups attached to an aromatic ring is 1. The largest absolute Gasteiger partial charge is 0.394 e. The van der Waals surface area contributed by atoms with E-state index in [0.29, 0.717) is 0 Å². The van der Waals surface area contributed by atoms with Crippen molar-refractivity contribution in [3.8, 4) is 0 Å². The Morgan fingerprint density at radius 1 is 1.39 bits per heavy atom. The van der Waals surface area contributed by atoms with Crippen LogP contribution in [0.3, 0.4) is 0 Å². The molecule has 4 nitrogen and oxygen atoms in total. The lowest BCUT2D eigenvalue weighted by atomic mass is 10.1. The van der Waals surface area contributed by atoms with Crippen molar-refractivity contribution < 1.29 is 18.7 Å². The molecule has 0 aromatic heterocycles. The van der Waals surface area contributed by atoms with E-state index in [4.69, 9.17) is 5.73 Å². The van der Waals surface area contributed by atoms with Crippen molar-refractivity contribution in [2.75, 3.05) is 19.3 Å². The van der Waals surface area contributed by atoms with E-state index in [9.17, 15) is 18.7 Å². The van der Waals surface area contributed by atoms with Crippen LogP contribution in [0, 0.1) is 11.6 Å². The summed E-state index contributed by atoms with van der Waals surface area (Å²) < 4.78 is 26.4. The number of aliphatic hydroxyl groups is 1. The second-order valence-corrected chi connectivity index (χ2v) is 4.83. The number of carbonyl (C=O) groups excluding carboxylic acids is 1. The van der Waals surface area contributed by atoms with E-state index in [0.717, 1.165) is 12.1 Å². The van der Waals surface area contributed by atoms with Crippen LogP contribution in [-0.4, -0.2) is 35.1 Å². The molecule has 18 heavy (non-hydrogen) atoms. The highest BCUT2D eigenvalue weighted by Gasteiger charge is 2.22. The Bertz CT molecular complexity index is 447. The molecule has 0 saturated heterocycles. The number of anilines is 1. The molecule has 0 aliphatic carbocycles. The number of amides is 1. The summed E-state index contributed by atoms with van der Waals surface area (Å²) in [6.45, 7) is 3.10. The van der Waals surface area contributed by atoms with Gasteiger partial charge in [0, 0.05) is 19.2 Å². The molecule has 0 aliphatic rings. The molecule has 6 heteroatoms. The average Bonchev–Trinajstić information content (AvgIpc) is 2.21. The van der Waals surface area contributed by atoms with Gasteiger partial charge in [-0.2, -0.15) is 0 Å². The Morgan fingerprint density at radius 2 is 1.83 bits per heavy atom. The van der Waals surface area contributed by atoms with Gasteiger partial charge in [-0.05, 0) is 26.0 Å². The molecule has 0 bridgehead atoms. The van der Waals surface area contributed by atoms with Gasteiger partial charge in [-0.1, -0.05) is 0 Å². The van der Waals surface area contributed by atoms with Crippen molar-refractivity contribution in [2.24, 2.45) is 0 Å². The third-order valence-electron chi connectivity index (χ3n) is 2.30. The van der Waals surface area contributed by atoms with E-state index >= 15 is 0 Å². The zero-order valence-corrected chi connectivity index (χ0v) is 10.5. The number of nitrogens with zero attached hydrogens (tertiary/aromatic N) is 1. The number of likely N-dealkylation sites (N-methyl/N-ethyl adjacent to an activating group) is 1. The number of benzene rings is 1. The van der Waals surface area contributed by atoms with E-state index < -0.39 is 28.8 Å². The summed E-state index contributed by atoms with van der Waals surface area (Å²) >= 11 is 0. The van der Waals surface area contributed by atoms with Crippen LogP contribution in [0.25, 0.3) is 0 Å². The Morgan fingerprint density at radius 3 is 2.22 bits per heavy atom. The highest BCUT2D eigenvalue weighted by Crippen LogP contribution is 2.18. The van der Waals surface area contributed by atoms with Crippen LogP contribution in [-0.2, 0) is 0 Å². The Balaban J connectivity index is 2.98. The molecule has 0 saturated carbocycles. The van der Waals surface area contributed by atoms with E-state index in [1.165, 1.54) is 25.8 Å². The Hall–Kier alpha value is -1.69. The van der Waals surface area contributed by atoms with E-state index in [1.54, 1.807) is 0 Å². The second-order valence-electron chi connectivity index (χ2n) is 4.83. The smallest absolute Gasteiger partial charge is 0.253 e. The standard InChI is InChI=1S/C12H16F2N2O2/c1-12(2,18)6-16(3)11(17)7-4-8(13)10(15)9(14)5-7/h4-5,18H,6,15H2,1-3H3. The van der Waals surface area contributed by atoms with Gasteiger partial charge in [0.25, 0.3) is 5.91 Å². The van der Waals surface area contributed by atoms with E-state index in [1.807, 2.05) is 0 Å². The SMILES string of the molecule is CN(CC(C)(C)O)C(=O)c1cc(F)c(N)c(F)c1. The molecule has 0 aliphatic heterocycles. The molecule has 100 valence electrons. The van der Waals surface area contributed by atoms with Crippen molar-refractivity contribution >= 4 is 11.6 Å². The summed E-state index contributed by atoms with van der Waals surface area (Å²) in [6, 6.07) is 1.75. The molecule has 0 fully saturated rings. The molecule has 0 unspecified atom stereocenters. The van der Waals surface area contributed by atoms with Crippen LogP contribution in [0.4, 0.5) is 14.5 Å². The number of hydrogen-bond donors (Lipinski definition) is 2. The summed E-state index contributed by atoms with van der Waals surface area (Å²) in [6.07, 6.45) is 0. The van der Waals surface area contributed by atoms with Gasteiger partial charge in [-0.15, -0.1) is 0 Å². The first kappa shape index (κ1) is 14.4. The van der Waals surface area contributed by atoms with Crippen LogP contribution in [0.2, 0.25) is 0 Å². The summed E-state index contributed by atoms with van der Waals surface area (Å²) in [4.78, 5) is 13.1. The summed E-state index contributed by atoms with van der Waals surface area (Å²) in [5.74, 6) is -2.54. The van der Waals surface area contributed by atoms with Crippen LogP contribution in [0.5, 0.6) is 0 Å². The molecule has 0 heterocycles. The van der Waals surface area contributed by atoms with E-state index in [2.05, 4.69) is 0 Å². The predicted octanol–water partition coefficient (Wildman–Crippen LogP) is 1.39. The topological polar surface area (TPSA) is 66.6 Å². The minimum absolute atomic E-state index is 0.0411. The van der Waals surface area contributed by atoms with Gasteiger partial charge in [0.2, 0.25) is 0 Å². The Labute approximate surface area is 104 Å². The molecule has 0 atom stereocenters. The fourth-order valence-corrected chi connectivity index (χ4v) is 1.58. The van der Waals surface area contributed by atoms with Crippen molar-refractivity contribution in [3.63, 3.8) is 0 Å². The maximum atomic E-state index is 13.2. The first-order valence-corrected chi connectivity index (χ1v) is 5.34. The zero-order chi connectivity index (χ0) is 14.1. The lowest BCUT2D eigenvalue weighted by molar-refractivity contribution is 0.0367. The molecule has 1 rings (SSSR count). The maximum Gasteiger partial charge on any atom is 0.253 e. The van der Waals surface area contributed by atoms with Gasteiger partial charge in [0.05, 0.1) is 5.60 Å². The number of carbonyl (C=O) groups is 1. The molecular formula is C12H16F2N2O2. The minimum Gasteiger partial charge on any atom is -0.394 e. The fourth-order valence-electron chi connectivity index (χ4n) is 1.58. The third-order valence-corrected chi connectivity index (χ3v) is 2.30. The number of nitrogens with two attached hydrogens (primary N) is 1. The highest BCUT2D eigenvalue weighted by atomic mass is 19.1. The first-order chi connectivity index (χ1) is 8.11. The van der Waals surface area contributed by atoms with Crippen molar-refractivity contribution in [1.29, 1.82) is 0 Å². The summed E-state index contributed by atoms with van der Waals surface area (Å²) in [5, 5.41) is 9.58. The normalized spacial score (nSPS) is 11.4. The van der Waals surface area contributed by atoms with Gasteiger partial charge in [0.15, 0.2) is 0 Å². The number of hydrogen-bond acceptors (Lipinski definition) is 3. The van der Waals surface area contributed by atoms with Gasteiger partial charge >= 0.3 is 0 Å². The molecule has 1 amide bonds. The third kappa shape index (κ3) is 3.40. The first-order valence-electron chi connectivity index (χ1n) is 5.34. The molecule has 0 spiro atoms. The highest BCUT2D eigenvalue weighted by molar-refractivity contribution is 5.94. The molecule has 0 radical (unpaired) electrons. The summed E-state index contributed by atoms with van der Waals surface area (Å²) in [7, 11) is 1.44. The van der Waals surface area contributed by atoms with Crippen molar-refractivity contribution in [2.45, 2.75) is 19.4 Å². The van der Waals surface area contributed by atoms with Crippen LogP contribution >= 0.6 is 0 Å². The molecular weight excluding hydrogens is 242 g/mol. The van der Waals surface area contributed by atoms with Crippen LogP contribution in [0.1, 0.15) is 24.2 Å². The van der Waals surface area contributed by atoms with E-state index in [-0.39, 0.29) is 12.1 Å². The number of rotatable bonds is 3. The van der Waals surface area contributed by atoms with Gasteiger partial charge in [-0.25, -0.2) is 8.78 Å². The van der Waals surface area contributed by atoms with Crippen molar-refractivity contribution in [3.05, 3.63) is 29.3 Å². The quantitative estimate of drug-likeness (QED) is 0.805. The monoisotopic (exact) mass is 258 g/mol. The zero-order valence-electron chi connectivity index (χ0n) is 10.5. The molecule has 1 aromatic rings. The maximum absolute atomic E-state index is 13.2.